The summed E-state index contributed by atoms with van der Waals surface area (Å²) in [6, 6.07) is 10.9. The van der Waals surface area contributed by atoms with Crippen molar-refractivity contribution in [1.82, 2.24) is 24.8 Å². The number of hydrogen-bond donors (Lipinski definition) is 2. The number of carbonyl (C=O) groups excluding carboxylic acids is 2. The Hall–Kier alpha value is -4.55. The molecule has 1 saturated heterocycles. The molecule has 0 bridgehead atoms. The number of amides is 3. The third-order valence-corrected chi connectivity index (χ3v) is 7.13. The second kappa shape index (κ2) is 11.9. The Morgan fingerprint density at radius 2 is 1.98 bits per heavy atom. The summed E-state index contributed by atoms with van der Waals surface area (Å²) in [4.78, 5) is 45.5. The van der Waals surface area contributed by atoms with Crippen LogP contribution in [0.15, 0.2) is 60.9 Å². The molecule has 41 heavy (non-hydrogen) atoms. The number of nitrogens with one attached hydrogen (secondary N) is 2. The minimum absolute atomic E-state index is 0.148. The van der Waals surface area contributed by atoms with Crippen molar-refractivity contribution >= 4 is 40.8 Å². The van der Waals surface area contributed by atoms with Gasteiger partial charge in [0.25, 0.3) is 0 Å². The van der Waals surface area contributed by atoms with E-state index in [4.69, 9.17) is 14.5 Å². The van der Waals surface area contributed by atoms with Crippen LogP contribution in [-0.4, -0.2) is 82.7 Å². The molecule has 6 rings (SSSR count). The summed E-state index contributed by atoms with van der Waals surface area (Å²) in [6.07, 6.45) is 8.73. The summed E-state index contributed by atoms with van der Waals surface area (Å²) >= 11 is 0. The van der Waals surface area contributed by atoms with Crippen molar-refractivity contribution in [2.75, 3.05) is 55.5 Å². The Kier molecular flexibility index (Phi) is 7.74. The van der Waals surface area contributed by atoms with Gasteiger partial charge in [-0.1, -0.05) is 12.1 Å². The molecule has 0 spiro atoms. The molecule has 3 amide bonds. The van der Waals surface area contributed by atoms with E-state index >= 15 is 0 Å². The second-order valence-corrected chi connectivity index (χ2v) is 10.1. The van der Waals surface area contributed by atoms with E-state index in [0.29, 0.717) is 61.0 Å². The van der Waals surface area contributed by atoms with Crippen LogP contribution in [0.3, 0.4) is 0 Å². The number of rotatable bonds is 9. The molecule has 4 heterocycles. The summed E-state index contributed by atoms with van der Waals surface area (Å²) in [6.45, 7) is 4.28. The van der Waals surface area contributed by atoms with Gasteiger partial charge in [-0.15, -0.1) is 0 Å². The first-order valence-electron chi connectivity index (χ1n) is 13.7. The van der Waals surface area contributed by atoms with Crippen molar-refractivity contribution in [2.45, 2.75) is 25.4 Å². The maximum atomic E-state index is 13.8. The lowest BCUT2D eigenvalue weighted by Crippen LogP contribution is -2.46. The third-order valence-electron chi connectivity index (χ3n) is 7.13. The predicted molar refractivity (Wildman–Crippen MR) is 154 cm³/mol. The maximum absolute atomic E-state index is 13.8. The quantitative estimate of drug-likeness (QED) is 0.380. The average molecular weight is 557 g/mol. The van der Waals surface area contributed by atoms with E-state index in [-0.39, 0.29) is 18.0 Å². The average Bonchev–Trinajstić information content (AvgIpc) is 3.84. The Labute approximate surface area is 238 Å². The van der Waals surface area contributed by atoms with Gasteiger partial charge < -0.3 is 25.0 Å². The zero-order valence-corrected chi connectivity index (χ0v) is 22.8. The summed E-state index contributed by atoms with van der Waals surface area (Å²) in [5.74, 6) is 1.10. The van der Waals surface area contributed by atoms with Crippen LogP contribution in [-0.2, 0) is 16.1 Å². The number of ether oxygens (including phenoxy) is 2. The molecule has 0 radical (unpaired) electrons. The second-order valence-electron chi connectivity index (χ2n) is 10.1. The lowest BCUT2D eigenvalue weighted by atomic mass is 10.1. The zero-order chi connectivity index (χ0) is 28.2. The van der Waals surface area contributed by atoms with Crippen molar-refractivity contribution in [3.8, 4) is 5.88 Å². The number of benzene rings is 1. The Morgan fingerprint density at radius 3 is 2.73 bits per heavy atom. The van der Waals surface area contributed by atoms with Gasteiger partial charge in [0.15, 0.2) is 5.82 Å². The van der Waals surface area contributed by atoms with E-state index in [9.17, 15) is 9.59 Å². The fourth-order valence-corrected chi connectivity index (χ4v) is 4.84. The number of fused-ring (bicyclic) bond motifs is 1. The van der Waals surface area contributed by atoms with Gasteiger partial charge in [-0.05, 0) is 37.1 Å². The highest BCUT2D eigenvalue weighted by atomic mass is 16.5. The molecule has 2 fully saturated rings. The largest absolute Gasteiger partial charge is 0.481 e. The fourth-order valence-electron chi connectivity index (χ4n) is 4.84. The molecular formula is C29H32N8O4. The number of anilines is 5. The third kappa shape index (κ3) is 6.28. The normalized spacial score (nSPS) is 17.4. The van der Waals surface area contributed by atoms with Gasteiger partial charge in [-0.2, -0.15) is 4.98 Å². The van der Waals surface area contributed by atoms with Gasteiger partial charge in [-0.25, -0.2) is 19.7 Å². The van der Waals surface area contributed by atoms with Crippen molar-refractivity contribution < 1.29 is 19.1 Å². The fraction of sp³-hybridized carbons (Fsp3) is 0.345. The molecule has 1 aromatic carbocycles. The van der Waals surface area contributed by atoms with Crippen molar-refractivity contribution in [3.05, 3.63) is 66.5 Å². The van der Waals surface area contributed by atoms with E-state index in [2.05, 4.69) is 25.5 Å². The van der Waals surface area contributed by atoms with Crippen LogP contribution in [0.25, 0.3) is 0 Å². The number of methoxy groups -OCH3 is 1. The molecular weight excluding hydrogens is 524 g/mol. The summed E-state index contributed by atoms with van der Waals surface area (Å²) in [7, 11) is 1.56. The van der Waals surface area contributed by atoms with Gasteiger partial charge in [0, 0.05) is 55.3 Å². The summed E-state index contributed by atoms with van der Waals surface area (Å²) in [5.41, 5.74) is 2.71. The minimum Gasteiger partial charge on any atom is -0.481 e. The first-order valence-corrected chi connectivity index (χ1v) is 13.7. The Morgan fingerprint density at radius 1 is 1.12 bits per heavy atom. The molecule has 1 aliphatic carbocycles. The highest BCUT2D eigenvalue weighted by molar-refractivity contribution is 6.03. The molecule has 0 atom stereocenters. The number of aromatic nitrogens is 3. The first-order chi connectivity index (χ1) is 20.1. The number of pyridine rings is 1. The Bertz CT molecular complexity index is 1440. The van der Waals surface area contributed by atoms with Crippen LogP contribution in [0.5, 0.6) is 5.88 Å². The van der Waals surface area contributed by atoms with Crippen LogP contribution in [0, 0.1) is 0 Å². The van der Waals surface area contributed by atoms with Crippen LogP contribution >= 0.6 is 0 Å². The molecule has 1 saturated carbocycles. The lowest BCUT2D eigenvalue weighted by Gasteiger charge is -2.36. The van der Waals surface area contributed by atoms with Gasteiger partial charge in [0.05, 0.1) is 44.4 Å². The number of urea groups is 1. The van der Waals surface area contributed by atoms with Gasteiger partial charge in [0.1, 0.15) is 0 Å². The van der Waals surface area contributed by atoms with E-state index in [1.807, 2.05) is 29.2 Å². The topological polar surface area (TPSA) is 125 Å². The van der Waals surface area contributed by atoms with Crippen molar-refractivity contribution in [1.29, 1.82) is 0 Å². The van der Waals surface area contributed by atoms with Gasteiger partial charge in [0.2, 0.25) is 17.7 Å². The lowest BCUT2D eigenvalue weighted by molar-refractivity contribution is -0.111. The number of morpholine rings is 1. The summed E-state index contributed by atoms with van der Waals surface area (Å²) < 4.78 is 10.5. The maximum Gasteiger partial charge on any atom is 0.330 e. The molecule has 0 unspecified atom stereocenters. The van der Waals surface area contributed by atoms with Crippen LogP contribution in [0.2, 0.25) is 0 Å². The first kappa shape index (κ1) is 26.7. The highest BCUT2D eigenvalue weighted by Gasteiger charge is 2.41. The van der Waals surface area contributed by atoms with E-state index in [1.54, 1.807) is 42.6 Å². The standard InChI is InChI=1S/C29H32N8O4/c1-40-26-10-7-22(18-30-26)33-28-31-17-20-19-36(23-8-9-23)29(39)37(27(20)34-28)24-5-2-4-21(16-24)32-25(38)6-3-11-35-12-14-41-15-13-35/h2-7,10,16-18,23H,8-9,11-15,19H2,1H3,(H,32,38)(H,31,33,34). The van der Waals surface area contributed by atoms with Crippen molar-refractivity contribution in [2.24, 2.45) is 0 Å². The van der Waals surface area contributed by atoms with Crippen molar-refractivity contribution in [3.63, 3.8) is 0 Å². The predicted octanol–water partition coefficient (Wildman–Crippen LogP) is 3.69. The van der Waals surface area contributed by atoms with Gasteiger partial charge >= 0.3 is 6.03 Å². The Balaban J connectivity index is 1.22. The van der Waals surface area contributed by atoms with Crippen LogP contribution < -0.4 is 20.3 Å². The van der Waals surface area contributed by atoms with E-state index < -0.39 is 0 Å². The van der Waals surface area contributed by atoms with Crippen LogP contribution in [0.4, 0.5) is 33.6 Å². The minimum atomic E-state index is -0.234. The van der Waals surface area contributed by atoms with Crippen LogP contribution in [0.1, 0.15) is 18.4 Å². The van der Waals surface area contributed by atoms with E-state index in [1.165, 1.54) is 6.08 Å². The molecule has 12 nitrogen and oxygen atoms in total. The number of nitrogens with zero attached hydrogens (tertiary/aromatic N) is 6. The molecule has 212 valence electrons. The molecule has 2 aliphatic heterocycles. The smallest absolute Gasteiger partial charge is 0.330 e. The summed E-state index contributed by atoms with van der Waals surface area (Å²) in [5, 5.41) is 6.07. The molecule has 2 N–H and O–H groups in total. The monoisotopic (exact) mass is 556 g/mol. The SMILES string of the molecule is COc1ccc(Nc2ncc3c(n2)N(c2cccc(NC(=O)C=CCN4CCOCC4)c2)C(=O)N(C2CC2)C3)cn1. The molecule has 12 heteroatoms. The number of carbonyl (C=O) groups is 2. The van der Waals surface area contributed by atoms with Gasteiger partial charge in [-0.3, -0.25) is 9.69 Å². The molecule has 3 aromatic rings. The molecule has 3 aliphatic rings. The highest BCUT2D eigenvalue weighted by Crippen LogP contribution is 2.39. The number of hydrogen-bond acceptors (Lipinski definition) is 9. The molecule has 2 aromatic heterocycles. The zero-order valence-electron chi connectivity index (χ0n) is 22.8. The van der Waals surface area contributed by atoms with E-state index in [0.717, 1.165) is 31.5 Å².